The van der Waals surface area contributed by atoms with Crippen molar-refractivity contribution in [3.8, 4) is 28.5 Å². The fourth-order valence-corrected chi connectivity index (χ4v) is 4.43. The first-order valence-electron chi connectivity index (χ1n) is 10.7. The lowest BCUT2D eigenvalue weighted by Gasteiger charge is -2.13. The lowest BCUT2D eigenvalue weighted by atomic mass is 9.99. The van der Waals surface area contributed by atoms with E-state index in [4.69, 9.17) is 16.6 Å². The Balaban J connectivity index is 1.66. The second kappa shape index (κ2) is 10.6. The lowest BCUT2D eigenvalue weighted by Crippen LogP contribution is -2.14. The first-order chi connectivity index (χ1) is 16.4. The molecule has 0 spiro atoms. The molecule has 168 valence electrons. The first-order valence-corrected chi connectivity index (χ1v) is 12.1. The SMILES string of the molecule is Cc1ccc(NC(=O)CSc2nc(-c3ccc(Cl)cc3)cc(-c3ccccc3)c2C#N)cc1C. The summed E-state index contributed by atoms with van der Waals surface area (Å²) in [7, 11) is 0. The third kappa shape index (κ3) is 5.48. The van der Waals surface area contributed by atoms with Crippen LogP contribution < -0.4 is 5.32 Å². The highest BCUT2D eigenvalue weighted by Crippen LogP contribution is 2.34. The zero-order valence-electron chi connectivity index (χ0n) is 18.8. The van der Waals surface area contributed by atoms with Crippen LogP contribution in [0.1, 0.15) is 16.7 Å². The van der Waals surface area contributed by atoms with Gasteiger partial charge in [-0.3, -0.25) is 4.79 Å². The Bertz CT molecular complexity index is 1380. The van der Waals surface area contributed by atoms with Crippen LogP contribution >= 0.6 is 23.4 Å². The van der Waals surface area contributed by atoms with Crippen molar-refractivity contribution in [2.75, 3.05) is 11.1 Å². The Kier molecular flexibility index (Phi) is 7.32. The summed E-state index contributed by atoms with van der Waals surface area (Å²) < 4.78 is 0. The zero-order valence-corrected chi connectivity index (χ0v) is 20.4. The molecule has 0 radical (unpaired) electrons. The molecule has 4 rings (SSSR count). The molecule has 0 saturated heterocycles. The van der Waals surface area contributed by atoms with E-state index in [1.807, 2.05) is 92.7 Å². The van der Waals surface area contributed by atoms with Crippen molar-refractivity contribution in [1.29, 1.82) is 5.26 Å². The minimum Gasteiger partial charge on any atom is -0.325 e. The van der Waals surface area contributed by atoms with E-state index < -0.39 is 0 Å². The number of nitrogens with zero attached hydrogens (tertiary/aromatic N) is 2. The molecule has 1 N–H and O–H groups in total. The number of hydrogen-bond donors (Lipinski definition) is 1. The molecule has 34 heavy (non-hydrogen) atoms. The monoisotopic (exact) mass is 483 g/mol. The van der Waals surface area contributed by atoms with Crippen LogP contribution in [0.2, 0.25) is 5.02 Å². The van der Waals surface area contributed by atoms with Crippen molar-refractivity contribution in [3.05, 3.63) is 101 Å². The Morgan fingerprint density at radius 3 is 2.38 bits per heavy atom. The molecule has 0 aliphatic heterocycles. The largest absolute Gasteiger partial charge is 0.325 e. The Morgan fingerprint density at radius 1 is 0.971 bits per heavy atom. The fourth-order valence-electron chi connectivity index (χ4n) is 3.50. The molecule has 0 unspecified atom stereocenters. The maximum absolute atomic E-state index is 12.7. The molecule has 6 heteroatoms. The number of nitriles is 1. The summed E-state index contributed by atoms with van der Waals surface area (Å²) in [6.07, 6.45) is 0. The first kappa shape index (κ1) is 23.6. The number of carbonyl (C=O) groups is 1. The van der Waals surface area contributed by atoms with Gasteiger partial charge in [0.2, 0.25) is 5.91 Å². The van der Waals surface area contributed by atoms with Crippen LogP contribution in [0, 0.1) is 25.2 Å². The molecular formula is C28H22ClN3OS. The smallest absolute Gasteiger partial charge is 0.234 e. The third-order valence-electron chi connectivity index (χ3n) is 5.45. The maximum Gasteiger partial charge on any atom is 0.234 e. The fraction of sp³-hybridized carbons (Fsp3) is 0.107. The highest BCUT2D eigenvalue weighted by atomic mass is 35.5. The Labute approximate surface area is 208 Å². The summed E-state index contributed by atoms with van der Waals surface area (Å²) in [6.45, 7) is 4.04. The van der Waals surface area contributed by atoms with Gasteiger partial charge in [-0.15, -0.1) is 0 Å². The predicted molar refractivity (Wildman–Crippen MR) is 140 cm³/mol. The summed E-state index contributed by atoms with van der Waals surface area (Å²) in [6, 6.07) is 27.2. The summed E-state index contributed by atoms with van der Waals surface area (Å²) in [5.41, 5.74) is 6.77. The molecule has 3 aromatic carbocycles. The number of amides is 1. The number of aromatic nitrogens is 1. The molecule has 1 aromatic heterocycles. The number of hydrogen-bond acceptors (Lipinski definition) is 4. The number of pyridine rings is 1. The van der Waals surface area contributed by atoms with E-state index >= 15 is 0 Å². The second-order valence-electron chi connectivity index (χ2n) is 7.86. The summed E-state index contributed by atoms with van der Waals surface area (Å²) >= 11 is 7.32. The van der Waals surface area contributed by atoms with Crippen molar-refractivity contribution in [3.63, 3.8) is 0 Å². The number of nitrogens with one attached hydrogen (secondary N) is 1. The van der Waals surface area contributed by atoms with Crippen molar-refractivity contribution in [2.24, 2.45) is 0 Å². The summed E-state index contributed by atoms with van der Waals surface area (Å²) in [5, 5.41) is 14.1. The minimum atomic E-state index is -0.155. The normalized spacial score (nSPS) is 10.5. The van der Waals surface area contributed by atoms with Crippen LogP contribution in [0.3, 0.4) is 0 Å². The van der Waals surface area contributed by atoms with Gasteiger partial charge >= 0.3 is 0 Å². The molecule has 0 aliphatic carbocycles. The highest BCUT2D eigenvalue weighted by molar-refractivity contribution is 8.00. The molecule has 0 fully saturated rings. The van der Waals surface area contributed by atoms with Gasteiger partial charge in [-0.05, 0) is 60.9 Å². The van der Waals surface area contributed by atoms with Crippen molar-refractivity contribution < 1.29 is 4.79 Å². The van der Waals surface area contributed by atoms with Crippen LogP contribution in [0.5, 0.6) is 0 Å². The van der Waals surface area contributed by atoms with E-state index in [0.29, 0.717) is 21.3 Å². The molecule has 1 heterocycles. The second-order valence-corrected chi connectivity index (χ2v) is 9.26. The maximum atomic E-state index is 12.7. The molecule has 4 aromatic rings. The zero-order chi connectivity index (χ0) is 24.1. The Hall–Kier alpha value is -3.59. The molecule has 0 bridgehead atoms. The topological polar surface area (TPSA) is 65.8 Å². The van der Waals surface area contributed by atoms with Crippen molar-refractivity contribution >= 4 is 35.0 Å². The number of rotatable bonds is 6. The van der Waals surface area contributed by atoms with Crippen LogP contribution in [0.25, 0.3) is 22.4 Å². The van der Waals surface area contributed by atoms with Gasteiger partial charge in [-0.2, -0.15) is 5.26 Å². The number of anilines is 1. The summed E-state index contributed by atoms with van der Waals surface area (Å²) in [5.74, 6) is -0.0236. The standard InChI is InChI=1S/C28H22ClN3OS/c1-18-8-13-23(14-19(18)2)31-27(33)17-34-28-25(16-30)24(20-6-4-3-5-7-20)15-26(32-28)21-9-11-22(29)12-10-21/h3-15H,17H2,1-2H3,(H,31,33). The van der Waals surface area contributed by atoms with E-state index in [1.54, 1.807) is 0 Å². The van der Waals surface area contributed by atoms with Crippen LogP contribution in [0.4, 0.5) is 5.69 Å². The quantitative estimate of drug-likeness (QED) is 0.292. The van der Waals surface area contributed by atoms with Gasteiger partial charge in [0.1, 0.15) is 11.1 Å². The molecule has 0 atom stereocenters. The average molecular weight is 484 g/mol. The minimum absolute atomic E-state index is 0.132. The van der Waals surface area contributed by atoms with Gasteiger partial charge in [-0.25, -0.2) is 4.98 Å². The molecule has 0 saturated carbocycles. The van der Waals surface area contributed by atoms with E-state index in [-0.39, 0.29) is 11.7 Å². The van der Waals surface area contributed by atoms with Gasteiger partial charge in [-0.1, -0.05) is 71.9 Å². The molecular weight excluding hydrogens is 462 g/mol. The van der Waals surface area contributed by atoms with Crippen LogP contribution in [-0.2, 0) is 4.79 Å². The number of carbonyl (C=O) groups excluding carboxylic acids is 1. The van der Waals surface area contributed by atoms with E-state index in [9.17, 15) is 10.1 Å². The van der Waals surface area contributed by atoms with Gasteiger partial charge in [0.15, 0.2) is 0 Å². The Morgan fingerprint density at radius 2 is 1.71 bits per heavy atom. The highest BCUT2D eigenvalue weighted by Gasteiger charge is 2.17. The number of benzene rings is 3. The van der Waals surface area contributed by atoms with Gasteiger partial charge < -0.3 is 5.32 Å². The van der Waals surface area contributed by atoms with Crippen molar-refractivity contribution in [2.45, 2.75) is 18.9 Å². The van der Waals surface area contributed by atoms with Gasteiger partial charge in [0.05, 0.1) is 17.0 Å². The number of aryl methyl sites for hydroxylation is 2. The number of thioether (sulfide) groups is 1. The van der Waals surface area contributed by atoms with Crippen molar-refractivity contribution in [1.82, 2.24) is 4.98 Å². The van der Waals surface area contributed by atoms with Gasteiger partial charge in [0, 0.05) is 21.8 Å². The van der Waals surface area contributed by atoms with E-state index in [2.05, 4.69) is 11.4 Å². The van der Waals surface area contributed by atoms with Crippen LogP contribution in [-0.4, -0.2) is 16.6 Å². The molecule has 0 aliphatic rings. The molecule has 1 amide bonds. The molecule has 4 nitrogen and oxygen atoms in total. The van der Waals surface area contributed by atoms with Crippen LogP contribution in [0.15, 0.2) is 83.9 Å². The third-order valence-corrected chi connectivity index (χ3v) is 6.68. The van der Waals surface area contributed by atoms with Gasteiger partial charge in [0.25, 0.3) is 0 Å². The lowest BCUT2D eigenvalue weighted by molar-refractivity contribution is -0.113. The van der Waals surface area contributed by atoms with E-state index in [0.717, 1.165) is 27.9 Å². The average Bonchev–Trinajstić information content (AvgIpc) is 2.85. The summed E-state index contributed by atoms with van der Waals surface area (Å²) in [4.78, 5) is 17.4. The predicted octanol–water partition coefficient (Wildman–Crippen LogP) is 7.29. The number of halogens is 1. The van der Waals surface area contributed by atoms with E-state index in [1.165, 1.54) is 17.3 Å².